The summed E-state index contributed by atoms with van der Waals surface area (Å²) in [6, 6.07) is 17.8. The van der Waals surface area contributed by atoms with Crippen LogP contribution in [0.4, 0.5) is 17.7 Å². The molecular formula is C26H22ClN5O6. The van der Waals surface area contributed by atoms with Crippen LogP contribution in [0.1, 0.15) is 0 Å². The largest absolute Gasteiger partial charge is 0.493 e. The molecule has 0 atom stereocenters. The van der Waals surface area contributed by atoms with E-state index in [1.165, 1.54) is 4.90 Å². The zero-order chi connectivity index (χ0) is 26.6. The van der Waals surface area contributed by atoms with Crippen molar-refractivity contribution < 1.29 is 28.0 Å². The maximum atomic E-state index is 6.28. The Morgan fingerprint density at radius 1 is 0.632 bits per heavy atom. The smallest absolute Gasteiger partial charge is 0.337 e. The Labute approximate surface area is 222 Å². The molecule has 0 aliphatic rings. The summed E-state index contributed by atoms with van der Waals surface area (Å²) in [5.41, 5.74) is 1.88. The molecular weight excluding hydrogens is 514 g/mol. The molecule has 38 heavy (non-hydrogen) atoms. The highest BCUT2D eigenvalue weighted by Gasteiger charge is 2.26. The van der Waals surface area contributed by atoms with Crippen molar-refractivity contribution in [3.8, 4) is 45.8 Å². The second-order valence-electron chi connectivity index (χ2n) is 7.76. The molecule has 0 aliphatic carbocycles. The summed E-state index contributed by atoms with van der Waals surface area (Å²) < 4.78 is 32.7. The quantitative estimate of drug-likeness (QED) is 0.223. The van der Waals surface area contributed by atoms with Gasteiger partial charge in [0.05, 0.1) is 34.1 Å². The first kappa shape index (κ1) is 24.9. The second kappa shape index (κ2) is 10.7. The van der Waals surface area contributed by atoms with Gasteiger partial charge in [0.25, 0.3) is 0 Å². The molecule has 0 saturated carbocycles. The van der Waals surface area contributed by atoms with Crippen LogP contribution in [0.3, 0.4) is 0 Å². The van der Waals surface area contributed by atoms with Crippen LogP contribution in [0.5, 0.6) is 23.0 Å². The van der Waals surface area contributed by atoms with Crippen LogP contribution in [-0.2, 0) is 0 Å². The average molecular weight is 536 g/mol. The SMILES string of the molecule is COc1ccc(-c2noc(N(c3cccc(Cl)c3)c3nc(-c4ccc(OC)c(OC)c4)no3)n2)cc1OC. The summed E-state index contributed by atoms with van der Waals surface area (Å²) in [7, 11) is 6.23. The van der Waals surface area contributed by atoms with Gasteiger partial charge in [-0.25, -0.2) is 4.90 Å². The monoisotopic (exact) mass is 535 g/mol. The van der Waals surface area contributed by atoms with Gasteiger partial charge in [0, 0.05) is 16.1 Å². The van der Waals surface area contributed by atoms with Gasteiger partial charge in [0.15, 0.2) is 23.0 Å². The van der Waals surface area contributed by atoms with Gasteiger partial charge in [-0.15, -0.1) is 0 Å². The van der Waals surface area contributed by atoms with Crippen LogP contribution >= 0.6 is 11.6 Å². The Morgan fingerprint density at radius 3 is 1.58 bits per heavy atom. The fraction of sp³-hybridized carbons (Fsp3) is 0.154. The van der Waals surface area contributed by atoms with Crippen molar-refractivity contribution in [1.82, 2.24) is 20.3 Å². The first-order chi connectivity index (χ1) is 18.5. The molecule has 0 saturated heterocycles. The molecule has 0 bridgehead atoms. The molecule has 0 spiro atoms. The van der Waals surface area contributed by atoms with Crippen molar-refractivity contribution in [2.24, 2.45) is 0 Å². The number of aromatic nitrogens is 4. The Morgan fingerprint density at radius 2 is 1.13 bits per heavy atom. The van der Waals surface area contributed by atoms with Crippen LogP contribution in [-0.4, -0.2) is 48.7 Å². The van der Waals surface area contributed by atoms with Crippen LogP contribution in [0, 0.1) is 0 Å². The van der Waals surface area contributed by atoms with Gasteiger partial charge in [-0.05, 0) is 54.6 Å². The molecule has 12 heteroatoms. The lowest BCUT2D eigenvalue weighted by Crippen LogP contribution is -2.10. The maximum Gasteiger partial charge on any atom is 0.337 e. The molecule has 0 fully saturated rings. The van der Waals surface area contributed by atoms with Crippen molar-refractivity contribution in [2.75, 3.05) is 33.3 Å². The summed E-state index contributed by atoms with van der Waals surface area (Å²) in [5.74, 6) is 2.84. The van der Waals surface area contributed by atoms with Crippen molar-refractivity contribution in [3.05, 3.63) is 65.7 Å². The number of hydrogen-bond acceptors (Lipinski definition) is 11. The lowest BCUT2D eigenvalue weighted by molar-refractivity contribution is 0.355. The number of rotatable bonds is 9. The topological polar surface area (TPSA) is 118 Å². The molecule has 5 rings (SSSR count). The number of methoxy groups -OCH3 is 4. The fourth-order valence-electron chi connectivity index (χ4n) is 3.72. The Kier molecular flexibility index (Phi) is 7.00. The summed E-state index contributed by atoms with van der Waals surface area (Å²) in [6.45, 7) is 0. The lowest BCUT2D eigenvalue weighted by Gasteiger charge is -2.15. The Balaban J connectivity index is 1.55. The first-order valence-corrected chi connectivity index (χ1v) is 11.6. The van der Waals surface area contributed by atoms with Crippen molar-refractivity contribution in [3.63, 3.8) is 0 Å². The van der Waals surface area contributed by atoms with Gasteiger partial charge in [-0.3, -0.25) is 0 Å². The number of ether oxygens (including phenoxy) is 4. The molecule has 2 aromatic heterocycles. The van der Waals surface area contributed by atoms with E-state index in [0.29, 0.717) is 56.5 Å². The number of benzene rings is 3. The summed E-state index contributed by atoms with van der Waals surface area (Å²) >= 11 is 6.28. The van der Waals surface area contributed by atoms with E-state index in [4.69, 9.17) is 39.6 Å². The molecule has 0 radical (unpaired) electrons. The predicted molar refractivity (Wildman–Crippen MR) is 139 cm³/mol. The van der Waals surface area contributed by atoms with Gasteiger partial charge < -0.3 is 28.0 Å². The van der Waals surface area contributed by atoms with E-state index in [1.54, 1.807) is 89.1 Å². The van der Waals surface area contributed by atoms with Crippen molar-refractivity contribution in [2.45, 2.75) is 0 Å². The zero-order valence-electron chi connectivity index (χ0n) is 20.8. The highest BCUT2D eigenvalue weighted by molar-refractivity contribution is 6.30. The highest BCUT2D eigenvalue weighted by Crippen LogP contribution is 2.38. The van der Waals surface area contributed by atoms with Crippen LogP contribution in [0.25, 0.3) is 22.8 Å². The number of anilines is 3. The Bertz CT molecular complexity index is 1480. The van der Waals surface area contributed by atoms with E-state index in [1.807, 2.05) is 0 Å². The van der Waals surface area contributed by atoms with Gasteiger partial charge in [-0.1, -0.05) is 28.0 Å². The molecule has 11 nitrogen and oxygen atoms in total. The number of halogens is 1. The van der Waals surface area contributed by atoms with Gasteiger partial charge >= 0.3 is 12.0 Å². The third kappa shape index (κ3) is 4.78. The van der Waals surface area contributed by atoms with Crippen LogP contribution < -0.4 is 23.8 Å². The normalized spacial score (nSPS) is 10.8. The summed E-state index contributed by atoms with van der Waals surface area (Å²) in [4.78, 5) is 10.7. The summed E-state index contributed by atoms with van der Waals surface area (Å²) in [5, 5.41) is 8.77. The van der Waals surface area contributed by atoms with E-state index in [0.717, 1.165) is 0 Å². The average Bonchev–Trinajstić information content (AvgIpc) is 3.63. The lowest BCUT2D eigenvalue weighted by atomic mass is 10.2. The van der Waals surface area contributed by atoms with Gasteiger partial charge in [-0.2, -0.15) is 9.97 Å². The fourth-order valence-corrected chi connectivity index (χ4v) is 3.90. The van der Waals surface area contributed by atoms with E-state index in [2.05, 4.69) is 20.3 Å². The number of nitrogens with zero attached hydrogens (tertiary/aromatic N) is 5. The van der Waals surface area contributed by atoms with E-state index < -0.39 is 0 Å². The zero-order valence-corrected chi connectivity index (χ0v) is 21.6. The standard InChI is InChI=1S/C26H22ClN5O6/c1-33-19-10-8-15(12-21(19)35-3)23-28-25(37-30-23)32(18-7-5-6-17(27)14-18)26-29-24(31-38-26)16-9-11-20(34-2)22(13-16)36-4/h5-14H,1-4H3. The molecule has 2 heterocycles. The van der Waals surface area contributed by atoms with Gasteiger partial charge in [0.1, 0.15) is 0 Å². The van der Waals surface area contributed by atoms with Crippen LogP contribution in [0.2, 0.25) is 5.02 Å². The minimum absolute atomic E-state index is 0.0829. The number of hydrogen-bond donors (Lipinski definition) is 0. The first-order valence-electron chi connectivity index (χ1n) is 11.2. The third-order valence-corrected chi connectivity index (χ3v) is 5.80. The minimum Gasteiger partial charge on any atom is -0.493 e. The molecule has 3 aromatic carbocycles. The maximum absolute atomic E-state index is 6.28. The van der Waals surface area contributed by atoms with Crippen molar-refractivity contribution >= 4 is 29.3 Å². The van der Waals surface area contributed by atoms with E-state index in [-0.39, 0.29) is 12.0 Å². The summed E-state index contributed by atoms with van der Waals surface area (Å²) in [6.07, 6.45) is 0. The van der Waals surface area contributed by atoms with Gasteiger partial charge in [0.2, 0.25) is 11.6 Å². The molecule has 0 N–H and O–H groups in total. The third-order valence-electron chi connectivity index (χ3n) is 5.56. The minimum atomic E-state index is 0.0829. The van der Waals surface area contributed by atoms with Crippen molar-refractivity contribution in [1.29, 1.82) is 0 Å². The molecule has 0 amide bonds. The molecule has 5 aromatic rings. The van der Waals surface area contributed by atoms with E-state index >= 15 is 0 Å². The predicted octanol–water partition coefficient (Wildman–Crippen LogP) is 5.94. The molecule has 0 unspecified atom stereocenters. The molecule has 194 valence electrons. The Hall–Kier alpha value is -4.77. The highest BCUT2D eigenvalue weighted by atomic mass is 35.5. The van der Waals surface area contributed by atoms with Crippen LogP contribution in [0.15, 0.2) is 69.7 Å². The molecule has 0 aliphatic heterocycles. The van der Waals surface area contributed by atoms with E-state index in [9.17, 15) is 0 Å². The second-order valence-corrected chi connectivity index (χ2v) is 8.19.